The fourth-order valence-electron chi connectivity index (χ4n) is 5.46. The molecular formula is C34H43N6S+. The zero-order valence-electron chi connectivity index (χ0n) is 25.1. The molecular weight excluding hydrogens is 524 g/mol. The zero-order chi connectivity index (χ0) is 28.8. The van der Waals surface area contributed by atoms with Gasteiger partial charge in [-0.05, 0) is 96.0 Å². The zero-order valence-corrected chi connectivity index (χ0v) is 25.9. The molecule has 0 unspecified atom stereocenters. The summed E-state index contributed by atoms with van der Waals surface area (Å²) in [5, 5.41) is 2.48. The molecule has 2 aromatic carbocycles. The van der Waals surface area contributed by atoms with Crippen LogP contribution in [0.3, 0.4) is 0 Å². The number of anilines is 2. The van der Waals surface area contributed by atoms with Crippen LogP contribution in [0, 0.1) is 0 Å². The molecule has 3 heterocycles. The van der Waals surface area contributed by atoms with Gasteiger partial charge < -0.3 is 14.7 Å². The molecule has 0 N–H and O–H groups in total. The molecule has 7 heteroatoms. The molecule has 214 valence electrons. The molecule has 41 heavy (non-hydrogen) atoms. The Hall–Kier alpha value is -3.39. The standard InChI is InChI=1S/C34H43N6S/c1-36(2)20-10-11-22-39(23-13-21-37(3)4)33-24-27(25-34-38(5)31-17-8-9-18-32(31)41-34)29-15-6-7-16-30(29)40(33)28-14-12-19-35-26-28/h6-9,12,14-19,24-26H,10-11,13,20-23H2,1-5H3/q+1. The number of aromatic nitrogens is 2. The molecule has 2 aromatic heterocycles. The summed E-state index contributed by atoms with van der Waals surface area (Å²) < 4.78 is 2.41. The van der Waals surface area contributed by atoms with Crippen LogP contribution < -0.4 is 14.4 Å². The second kappa shape index (κ2) is 13.5. The van der Waals surface area contributed by atoms with Gasteiger partial charge in [-0.3, -0.25) is 9.88 Å². The molecule has 0 spiro atoms. The summed E-state index contributed by atoms with van der Waals surface area (Å²) in [5.74, 6) is 1.22. The van der Waals surface area contributed by atoms with Crippen molar-refractivity contribution >= 4 is 40.2 Å². The molecule has 0 atom stereocenters. The van der Waals surface area contributed by atoms with Gasteiger partial charge in [0.25, 0.3) is 5.82 Å². The molecule has 0 saturated carbocycles. The summed E-state index contributed by atoms with van der Waals surface area (Å²) in [6.45, 7) is 4.17. The SMILES string of the molecule is CN(C)CCCCN(CCCN(C)C)c1cc(/C=C2\Sc3ccccc3N2C)c2ccccc2[n+]1-c1cccnc1. The maximum absolute atomic E-state index is 4.51. The molecule has 4 aromatic rings. The lowest BCUT2D eigenvalue weighted by molar-refractivity contribution is -0.554. The van der Waals surface area contributed by atoms with Crippen LogP contribution >= 0.6 is 11.8 Å². The van der Waals surface area contributed by atoms with E-state index in [4.69, 9.17) is 0 Å². The Morgan fingerprint density at radius 1 is 0.829 bits per heavy atom. The second-order valence-corrected chi connectivity index (χ2v) is 12.3. The molecule has 0 radical (unpaired) electrons. The highest BCUT2D eigenvalue weighted by Crippen LogP contribution is 2.45. The summed E-state index contributed by atoms with van der Waals surface area (Å²) >= 11 is 1.85. The van der Waals surface area contributed by atoms with E-state index in [0.717, 1.165) is 44.7 Å². The largest absolute Gasteiger partial charge is 0.338 e. The third kappa shape index (κ3) is 6.92. The van der Waals surface area contributed by atoms with Gasteiger partial charge in [-0.15, -0.1) is 0 Å². The Balaban J connectivity index is 1.64. The number of thioether (sulfide) groups is 1. The Morgan fingerprint density at radius 3 is 2.29 bits per heavy atom. The molecule has 0 saturated heterocycles. The Kier molecular flexibility index (Phi) is 9.60. The van der Waals surface area contributed by atoms with E-state index < -0.39 is 0 Å². The molecule has 0 aliphatic carbocycles. The molecule has 0 fully saturated rings. The van der Waals surface area contributed by atoms with Crippen LogP contribution in [0.1, 0.15) is 24.8 Å². The van der Waals surface area contributed by atoms with Gasteiger partial charge in [0.2, 0.25) is 0 Å². The van der Waals surface area contributed by atoms with Crippen molar-refractivity contribution in [2.75, 3.05) is 71.2 Å². The van der Waals surface area contributed by atoms with Gasteiger partial charge in [0.05, 0.1) is 30.0 Å². The number of hydrogen-bond donors (Lipinski definition) is 0. The first-order valence-corrected chi connectivity index (χ1v) is 15.4. The van der Waals surface area contributed by atoms with E-state index in [1.54, 1.807) is 0 Å². The second-order valence-electron chi connectivity index (χ2n) is 11.3. The quantitative estimate of drug-likeness (QED) is 0.151. The van der Waals surface area contributed by atoms with Crippen molar-refractivity contribution in [2.45, 2.75) is 24.2 Å². The first-order chi connectivity index (χ1) is 19.9. The lowest BCUT2D eigenvalue weighted by Crippen LogP contribution is -2.43. The molecule has 0 amide bonds. The van der Waals surface area contributed by atoms with Crippen LogP contribution in [0.25, 0.3) is 22.7 Å². The molecule has 1 aliphatic heterocycles. The minimum atomic E-state index is 0.995. The van der Waals surface area contributed by atoms with E-state index in [-0.39, 0.29) is 0 Å². The smallest absolute Gasteiger partial charge is 0.282 e. The van der Waals surface area contributed by atoms with Crippen molar-refractivity contribution in [3.8, 4) is 5.69 Å². The maximum Gasteiger partial charge on any atom is 0.282 e. The van der Waals surface area contributed by atoms with Gasteiger partial charge in [-0.2, -0.15) is 4.57 Å². The Bertz CT molecular complexity index is 1480. The number of rotatable bonds is 12. The molecule has 5 rings (SSSR count). The summed E-state index contributed by atoms with van der Waals surface area (Å²) in [5.41, 5.74) is 4.78. The first-order valence-electron chi connectivity index (χ1n) is 14.6. The van der Waals surface area contributed by atoms with E-state index >= 15 is 0 Å². The van der Waals surface area contributed by atoms with Crippen LogP contribution in [0.15, 0.2) is 89.0 Å². The summed E-state index contributed by atoms with van der Waals surface area (Å²) in [6, 6.07) is 24.1. The van der Waals surface area contributed by atoms with Crippen LogP contribution in [0.2, 0.25) is 0 Å². The lowest BCUT2D eigenvalue weighted by Gasteiger charge is -2.23. The van der Waals surface area contributed by atoms with Crippen molar-refractivity contribution in [3.05, 3.63) is 89.7 Å². The number of pyridine rings is 2. The Labute approximate surface area is 249 Å². The third-order valence-electron chi connectivity index (χ3n) is 7.57. The predicted molar refractivity (Wildman–Crippen MR) is 175 cm³/mol. The Morgan fingerprint density at radius 2 is 1.54 bits per heavy atom. The molecule has 6 nitrogen and oxygen atoms in total. The van der Waals surface area contributed by atoms with Crippen molar-refractivity contribution in [1.29, 1.82) is 0 Å². The first kappa shape index (κ1) is 29.1. The highest BCUT2D eigenvalue weighted by molar-refractivity contribution is 8.03. The van der Waals surface area contributed by atoms with E-state index in [9.17, 15) is 0 Å². The normalized spacial score (nSPS) is 14.0. The van der Waals surface area contributed by atoms with Gasteiger partial charge in [0.15, 0.2) is 5.69 Å². The summed E-state index contributed by atoms with van der Waals surface area (Å²) in [7, 11) is 10.8. The summed E-state index contributed by atoms with van der Waals surface area (Å²) in [6.07, 6.45) is 9.62. The highest BCUT2D eigenvalue weighted by Gasteiger charge is 2.27. The van der Waals surface area contributed by atoms with E-state index in [1.807, 2.05) is 30.2 Å². The van der Waals surface area contributed by atoms with Gasteiger partial charge in [0.1, 0.15) is 5.52 Å². The fourth-order valence-corrected chi connectivity index (χ4v) is 6.56. The van der Waals surface area contributed by atoms with Gasteiger partial charge in [-0.25, -0.2) is 0 Å². The van der Waals surface area contributed by atoms with Gasteiger partial charge >= 0.3 is 0 Å². The average molecular weight is 568 g/mol. The number of para-hydroxylation sites is 2. The van der Waals surface area contributed by atoms with Crippen molar-refractivity contribution in [3.63, 3.8) is 0 Å². The van der Waals surface area contributed by atoms with Crippen LogP contribution in [0.5, 0.6) is 0 Å². The highest BCUT2D eigenvalue weighted by atomic mass is 32.2. The van der Waals surface area contributed by atoms with E-state index in [1.165, 1.54) is 44.3 Å². The van der Waals surface area contributed by atoms with Crippen LogP contribution in [-0.2, 0) is 0 Å². The number of unbranched alkanes of at least 4 members (excludes halogenated alkanes) is 1. The van der Waals surface area contributed by atoms with Crippen molar-refractivity contribution in [1.82, 2.24) is 14.8 Å². The average Bonchev–Trinajstić information content (AvgIpc) is 3.29. The minimum absolute atomic E-state index is 0.995. The number of nitrogens with zero attached hydrogens (tertiary/aromatic N) is 6. The number of fused-ring (bicyclic) bond motifs is 2. The van der Waals surface area contributed by atoms with Gasteiger partial charge in [-0.1, -0.05) is 42.1 Å². The van der Waals surface area contributed by atoms with Crippen molar-refractivity contribution < 1.29 is 4.57 Å². The third-order valence-corrected chi connectivity index (χ3v) is 8.73. The van der Waals surface area contributed by atoms with E-state index in [2.05, 4.69) is 131 Å². The molecule has 0 bridgehead atoms. The molecule has 1 aliphatic rings. The topological polar surface area (TPSA) is 29.7 Å². The van der Waals surface area contributed by atoms with Gasteiger partial charge in [0, 0.05) is 36.1 Å². The maximum atomic E-state index is 4.51. The van der Waals surface area contributed by atoms with Crippen LogP contribution in [-0.4, -0.2) is 76.2 Å². The monoisotopic (exact) mass is 567 g/mol. The minimum Gasteiger partial charge on any atom is -0.338 e. The number of benzene rings is 2. The predicted octanol–water partition coefficient (Wildman–Crippen LogP) is 6.15. The summed E-state index contributed by atoms with van der Waals surface area (Å²) in [4.78, 5) is 15.3. The van der Waals surface area contributed by atoms with E-state index in [0.29, 0.717) is 0 Å². The van der Waals surface area contributed by atoms with Crippen LogP contribution in [0.4, 0.5) is 11.5 Å². The number of hydrogen-bond acceptors (Lipinski definition) is 6. The fraction of sp³-hybridized carbons (Fsp3) is 0.353. The van der Waals surface area contributed by atoms with Crippen molar-refractivity contribution in [2.24, 2.45) is 0 Å². The lowest BCUT2D eigenvalue weighted by atomic mass is 10.1.